The molecule has 0 radical (unpaired) electrons. The number of carbonyl (C=O) groups is 1. The summed E-state index contributed by atoms with van der Waals surface area (Å²) in [6.07, 6.45) is 5.63. The maximum Gasteiger partial charge on any atom is 0.257 e. The van der Waals surface area contributed by atoms with Gasteiger partial charge >= 0.3 is 0 Å². The molecular formula is C15H23N3O3. The number of aliphatic hydroxyl groups is 1. The van der Waals surface area contributed by atoms with Crippen LogP contribution >= 0.6 is 0 Å². The van der Waals surface area contributed by atoms with Crippen LogP contribution in [0.4, 0.5) is 0 Å². The summed E-state index contributed by atoms with van der Waals surface area (Å²) in [5.74, 6) is -0.158. The average molecular weight is 293 g/mol. The van der Waals surface area contributed by atoms with Crippen molar-refractivity contribution >= 4 is 5.91 Å². The highest BCUT2D eigenvalue weighted by Crippen LogP contribution is 2.25. The molecule has 0 unspecified atom stereocenters. The molecule has 0 bridgehead atoms. The number of ether oxygens (including phenoxy) is 1. The van der Waals surface area contributed by atoms with Crippen LogP contribution in [0.1, 0.15) is 41.7 Å². The number of aromatic nitrogens is 2. The molecule has 0 saturated heterocycles. The molecule has 6 heteroatoms. The maximum atomic E-state index is 12.6. The molecule has 21 heavy (non-hydrogen) atoms. The molecule has 0 aliphatic heterocycles. The van der Waals surface area contributed by atoms with E-state index in [-0.39, 0.29) is 18.1 Å². The first-order valence-electron chi connectivity index (χ1n) is 7.31. The van der Waals surface area contributed by atoms with E-state index in [4.69, 9.17) is 4.74 Å². The van der Waals surface area contributed by atoms with Crippen LogP contribution in [0.15, 0.2) is 12.5 Å². The summed E-state index contributed by atoms with van der Waals surface area (Å²) in [6, 6.07) is -0.246. The summed E-state index contributed by atoms with van der Waals surface area (Å²) in [6.45, 7) is 1.78. The van der Waals surface area contributed by atoms with Gasteiger partial charge in [-0.25, -0.2) is 9.97 Å². The van der Waals surface area contributed by atoms with Crippen molar-refractivity contribution in [2.75, 3.05) is 14.2 Å². The van der Waals surface area contributed by atoms with Crippen LogP contribution in [0, 0.1) is 6.92 Å². The fraction of sp³-hybridized carbons (Fsp3) is 0.667. The number of amides is 1. The molecule has 6 nitrogen and oxygen atoms in total. The van der Waals surface area contributed by atoms with Crippen molar-refractivity contribution in [2.24, 2.45) is 0 Å². The molecule has 2 rings (SSSR count). The molecule has 1 aliphatic rings. The molecule has 1 N–H and O–H groups in total. The molecular weight excluding hydrogens is 270 g/mol. The Morgan fingerprint density at radius 2 is 2.14 bits per heavy atom. The first kappa shape index (κ1) is 15.9. The summed E-state index contributed by atoms with van der Waals surface area (Å²) in [5, 5.41) is 10.5. The number of hydrogen-bond donors (Lipinski definition) is 1. The second-order valence-corrected chi connectivity index (χ2v) is 5.55. The number of carbonyl (C=O) groups excluding carboxylic acids is 1. The van der Waals surface area contributed by atoms with Gasteiger partial charge in [-0.05, 0) is 19.8 Å². The molecule has 1 amide bonds. The molecule has 0 spiro atoms. The van der Waals surface area contributed by atoms with Crippen LogP contribution in [0.3, 0.4) is 0 Å². The Balaban J connectivity index is 2.19. The predicted octanol–water partition coefficient (Wildman–Crippen LogP) is 1.18. The minimum Gasteiger partial charge on any atom is -0.388 e. The van der Waals surface area contributed by atoms with Gasteiger partial charge in [-0.1, -0.05) is 12.8 Å². The van der Waals surface area contributed by atoms with Gasteiger partial charge < -0.3 is 14.7 Å². The van der Waals surface area contributed by atoms with E-state index in [0.29, 0.717) is 11.3 Å². The number of aryl methyl sites for hydroxylation is 1. The van der Waals surface area contributed by atoms with Gasteiger partial charge in [0.25, 0.3) is 5.91 Å². The van der Waals surface area contributed by atoms with Gasteiger partial charge in [-0.15, -0.1) is 0 Å². The van der Waals surface area contributed by atoms with Gasteiger partial charge in [0.15, 0.2) is 0 Å². The number of hydrogen-bond acceptors (Lipinski definition) is 5. The van der Waals surface area contributed by atoms with Gasteiger partial charge in [0.05, 0.1) is 23.4 Å². The fourth-order valence-corrected chi connectivity index (χ4v) is 2.91. The number of methoxy groups -OCH3 is 1. The normalized spacial score (nSPS) is 26.2. The summed E-state index contributed by atoms with van der Waals surface area (Å²) < 4.78 is 5.36. The number of nitrogens with zero attached hydrogens (tertiary/aromatic N) is 3. The monoisotopic (exact) mass is 293 g/mol. The molecule has 1 aromatic heterocycles. The molecule has 1 heterocycles. The van der Waals surface area contributed by atoms with E-state index in [1.165, 1.54) is 12.5 Å². The van der Waals surface area contributed by atoms with Crippen molar-refractivity contribution in [3.05, 3.63) is 23.8 Å². The third-order valence-electron chi connectivity index (χ3n) is 4.28. The highest BCUT2D eigenvalue weighted by molar-refractivity contribution is 5.94. The SMILES string of the molecule is CO[C@@H]1CCCC[C@@H](N(C)C(=O)c2cncnc2C)[C@H]1O. The maximum absolute atomic E-state index is 12.6. The summed E-state index contributed by atoms with van der Waals surface area (Å²) in [5.41, 5.74) is 1.12. The molecule has 1 fully saturated rings. The summed E-state index contributed by atoms with van der Waals surface area (Å²) in [7, 11) is 3.33. The molecule has 1 aliphatic carbocycles. The van der Waals surface area contributed by atoms with Crippen LogP contribution in [0.2, 0.25) is 0 Å². The van der Waals surface area contributed by atoms with Crippen LogP contribution in [0.25, 0.3) is 0 Å². The fourth-order valence-electron chi connectivity index (χ4n) is 2.91. The van der Waals surface area contributed by atoms with Gasteiger partial charge in [0.1, 0.15) is 12.4 Å². The Hall–Kier alpha value is -1.53. The minimum absolute atomic E-state index is 0.158. The van der Waals surface area contributed by atoms with Gasteiger partial charge in [0, 0.05) is 20.4 Å². The molecule has 3 atom stereocenters. The predicted molar refractivity (Wildman–Crippen MR) is 77.9 cm³/mol. The van der Waals surface area contributed by atoms with Crippen molar-refractivity contribution in [1.29, 1.82) is 0 Å². The first-order chi connectivity index (χ1) is 10.1. The lowest BCUT2D eigenvalue weighted by Crippen LogP contribution is -2.49. The zero-order valence-corrected chi connectivity index (χ0v) is 12.8. The topological polar surface area (TPSA) is 75.5 Å². The summed E-state index contributed by atoms with van der Waals surface area (Å²) in [4.78, 5) is 22.2. The number of rotatable bonds is 3. The second kappa shape index (κ2) is 6.95. The van der Waals surface area contributed by atoms with E-state index >= 15 is 0 Å². The lowest BCUT2D eigenvalue weighted by molar-refractivity contribution is -0.0462. The molecule has 1 aromatic rings. The minimum atomic E-state index is -0.670. The standard InChI is InChI=1S/C15H23N3O3/c1-10-11(8-16-9-17-10)15(20)18(2)12-6-4-5-7-13(21-3)14(12)19/h8-9,12-14,19H,4-7H2,1-3H3/t12-,13-,14-/m1/s1. The molecule has 0 aromatic carbocycles. The lowest BCUT2D eigenvalue weighted by atomic mass is 10.0. The second-order valence-electron chi connectivity index (χ2n) is 5.55. The average Bonchev–Trinajstić information content (AvgIpc) is 2.68. The Labute approximate surface area is 125 Å². The highest BCUT2D eigenvalue weighted by atomic mass is 16.5. The van der Waals surface area contributed by atoms with E-state index in [2.05, 4.69) is 9.97 Å². The van der Waals surface area contributed by atoms with Crippen molar-refractivity contribution < 1.29 is 14.6 Å². The Morgan fingerprint density at radius 1 is 1.43 bits per heavy atom. The van der Waals surface area contributed by atoms with E-state index < -0.39 is 6.10 Å². The van der Waals surface area contributed by atoms with Gasteiger partial charge in [-0.2, -0.15) is 0 Å². The van der Waals surface area contributed by atoms with Crippen LogP contribution in [-0.2, 0) is 4.74 Å². The Bertz CT molecular complexity index is 495. The smallest absolute Gasteiger partial charge is 0.257 e. The zero-order valence-electron chi connectivity index (χ0n) is 12.8. The first-order valence-corrected chi connectivity index (χ1v) is 7.31. The van der Waals surface area contributed by atoms with E-state index in [9.17, 15) is 9.90 Å². The number of aliphatic hydroxyl groups excluding tert-OH is 1. The van der Waals surface area contributed by atoms with E-state index in [1.54, 1.807) is 26.0 Å². The molecule has 1 saturated carbocycles. The lowest BCUT2D eigenvalue weighted by Gasteiger charge is -2.33. The van der Waals surface area contributed by atoms with Crippen molar-refractivity contribution in [3.8, 4) is 0 Å². The third-order valence-corrected chi connectivity index (χ3v) is 4.28. The van der Waals surface area contributed by atoms with Crippen molar-refractivity contribution in [3.63, 3.8) is 0 Å². The van der Waals surface area contributed by atoms with E-state index in [1.807, 2.05) is 0 Å². The quantitative estimate of drug-likeness (QED) is 0.847. The molecule has 116 valence electrons. The van der Waals surface area contributed by atoms with Gasteiger partial charge in [0.2, 0.25) is 0 Å². The largest absolute Gasteiger partial charge is 0.388 e. The summed E-state index contributed by atoms with van der Waals surface area (Å²) >= 11 is 0. The van der Waals surface area contributed by atoms with Crippen LogP contribution in [-0.4, -0.2) is 58.3 Å². The number of likely N-dealkylation sites (N-methyl/N-ethyl adjacent to an activating group) is 1. The van der Waals surface area contributed by atoms with Crippen LogP contribution < -0.4 is 0 Å². The zero-order chi connectivity index (χ0) is 15.4. The van der Waals surface area contributed by atoms with Crippen molar-refractivity contribution in [1.82, 2.24) is 14.9 Å². The van der Waals surface area contributed by atoms with E-state index in [0.717, 1.165) is 25.7 Å². The Kier molecular flexibility index (Phi) is 5.25. The highest BCUT2D eigenvalue weighted by Gasteiger charge is 2.35. The van der Waals surface area contributed by atoms with Crippen molar-refractivity contribution in [2.45, 2.75) is 50.9 Å². The third kappa shape index (κ3) is 3.39. The Morgan fingerprint density at radius 3 is 2.81 bits per heavy atom. The van der Waals surface area contributed by atoms with Crippen LogP contribution in [0.5, 0.6) is 0 Å². The van der Waals surface area contributed by atoms with Gasteiger partial charge in [-0.3, -0.25) is 4.79 Å².